The van der Waals surface area contributed by atoms with Crippen LogP contribution in [0.4, 0.5) is 0 Å². The summed E-state index contributed by atoms with van der Waals surface area (Å²) in [5, 5.41) is 77.9. The van der Waals surface area contributed by atoms with Crippen LogP contribution in [-0.2, 0) is 38.1 Å². The van der Waals surface area contributed by atoms with Gasteiger partial charge >= 0.3 is 17.9 Å². The van der Waals surface area contributed by atoms with E-state index < -0.39 is 176 Å². The summed E-state index contributed by atoms with van der Waals surface area (Å²) in [6, 6.07) is 7.02. The molecule has 2 aromatic carbocycles. The number of carbonyl (C=O) groups excluding carboxylic acids is 6. The van der Waals surface area contributed by atoms with Gasteiger partial charge in [-0.1, -0.05) is 24.3 Å². The number of phenols is 1. The summed E-state index contributed by atoms with van der Waals surface area (Å²) in [5.41, 5.74) is -8.21. The van der Waals surface area contributed by atoms with Crippen molar-refractivity contribution in [2.45, 2.75) is 115 Å². The topological polar surface area (TPSA) is 316 Å². The van der Waals surface area contributed by atoms with Gasteiger partial charge in [-0.15, -0.1) is 11.8 Å². The lowest BCUT2D eigenvalue weighted by Gasteiger charge is -2.61. The van der Waals surface area contributed by atoms with Crippen molar-refractivity contribution < 1.29 is 97.7 Å². The molecule has 0 spiro atoms. The van der Waals surface area contributed by atoms with E-state index in [2.05, 4.69) is 0 Å². The van der Waals surface area contributed by atoms with Gasteiger partial charge in [0.2, 0.25) is 17.9 Å². The number of Topliss-reactive ketones (excluding diaryl/α,β-unsaturated/α-hetero) is 4. The summed E-state index contributed by atoms with van der Waals surface area (Å²) in [6.45, 7) is 2.42. The number of aliphatic hydroxyl groups is 5. The highest BCUT2D eigenvalue weighted by Gasteiger charge is 2.78. The average Bonchev–Trinajstić information content (AvgIpc) is 3.22. The van der Waals surface area contributed by atoms with E-state index in [1.165, 1.54) is 32.0 Å². The predicted octanol–water partition coefficient (Wildman–Crippen LogP) is -0.725. The summed E-state index contributed by atoms with van der Waals surface area (Å²) in [5.74, 6) is -9.35. The minimum absolute atomic E-state index is 0.271. The molecule has 7 N–H and O–H groups in total. The van der Waals surface area contributed by atoms with Crippen LogP contribution in [-0.4, -0.2) is 167 Å². The van der Waals surface area contributed by atoms with Gasteiger partial charge in [-0.2, -0.15) is 0 Å². The fourth-order valence-electron chi connectivity index (χ4n) is 9.27. The highest BCUT2D eigenvalue weighted by atomic mass is 32.2. The number of ether oxygens (including phenoxy) is 6. The maximum atomic E-state index is 15.6. The molecular weight excluding hydrogens is 832 g/mol. The fraction of sp³-hybridized carbons (Fsp3) is 0.525. The molecule has 0 radical (unpaired) electrons. The number of rotatable bonds is 9. The molecule has 3 aliphatic heterocycles. The lowest BCUT2D eigenvalue weighted by Crippen LogP contribution is -2.79. The Morgan fingerprint density at radius 1 is 0.705 bits per heavy atom. The number of phenolic OH excluding ortho intramolecular Hbond substituents is 1. The van der Waals surface area contributed by atoms with E-state index in [1.807, 2.05) is 0 Å². The van der Waals surface area contributed by atoms with Gasteiger partial charge in [0.05, 0.1) is 62.6 Å². The molecule has 20 nitrogen and oxygen atoms in total. The second-order valence-electron chi connectivity index (χ2n) is 15.6. The summed E-state index contributed by atoms with van der Waals surface area (Å²) in [4.78, 5) is 98.1. The van der Waals surface area contributed by atoms with Crippen LogP contribution in [0.3, 0.4) is 0 Å². The quantitative estimate of drug-likeness (QED) is 0.153. The molecular formula is C40H42O20S. The van der Waals surface area contributed by atoms with Gasteiger partial charge in [0.25, 0.3) is 0 Å². The van der Waals surface area contributed by atoms with E-state index >= 15 is 14.4 Å². The maximum Gasteiger partial charge on any atom is 0.335 e. The second-order valence-corrected chi connectivity index (χ2v) is 17.2. The maximum absolute atomic E-state index is 15.6. The van der Waals surface area contributed by atoms with E-state index in [4.69, 9.17) is 28.4 Å². The number of hydrogen-bond donors (Lipinski definition) is 7. The van der Waals surface area contributed by atoms with E-state index in [1.54, 1.807) is 0 Å². The van der Waals surface area contributed by atoms with E-state index in [-0.39, 0.29) is 11.8 Å². The summed E-state index contributed by atoms with van der Waals surface area (Å²) >= 11 is 0.271. The molecule has 5 aliphatic rings. The molecule has 3 saturated heterocycles. The summed E-state index contributed by atoms with van der Waals surface area (Å²) in [7, 11) is 2.17. The van der Waals surface area contributed by atoms with Crippen molar-refractivity contribution in [3.8, 4) is 11.5 Å². The molecule has 328 valence electrons. The van der Waals surface area contributed by atoms with Crippen molar-refractivity contribution in [1.29, 1.82) is 0 Å². The van der Waals surface area contributed by atoms with Crippen LogP contribution >= 0.6 is 11.8 Å². The number of hydrogen-bond acceptors (Lipinski definition) is 20. The molecule has 0 aromatic heterocycles. The summed E-state index contributed by atoms with van der Waals surface area (Å²) in [6.07, 6.45) is -19.2. The molecule has 61 heavy (non-hydrogen) atoms. The number of methoxy groups -OCH3 is 2. The fourth-order valence-corrected chi connectivity index (χ4v) is 11.6. The predicted molar refractivity (Wildman–Crippen MR) is 201 cm³/mol. The number of carbonyl (C=O) groups is 7. The first-order valence-corrected chi connectivity index (χ1v) is 19.8. The molecule has 13 atom stereocenters. The number of carboxylic acids is 1. The van der Waals surface area contributed by atoms with Crippen LogP contribution in [0.25, 0.3) is 0 Å². The Morgan fingerprint density at radius 2 is 1.18 bits per heavy atom. The molecule has 13 unspecified atom stereocenters. The van der Waals surface area contributed by atoms with Crippen molar-refractivity contribution in [3.63, 3.8) is 0 Å². The zero-order valence-corrected chi connectivity index (χ0v) is 33.7. The number of carboxylic acid groups (broad SMARTS) is 1. The zero-order valence-electron chi connectivity index (χ0n) is 32.8. The highest BCUT2D eigenvalue weighted by Crippen LogP contribution is 2.64. The summed E-state index contributed by atoms with van der Waals surface area (Å²) < 4.78 is 27.4. The van der Waals surface area contributed by atoms with Crippen LogP contribution in [0.2, 0.25) is 0 Å². The smallest absolute Gasteiger partial charge is 0.335 e. The molecule has 3 heterocycles. The monoisotopic (exact) mass is 874 g/mol. The van der Waals surface area contributed by atoms with Crippen molar-refractivity contribution in [1.82, 2.24) is 0 Å². The number of aliphatic hydroxyl groups excluding tert-OH is 3. The molecule has 2 aliphatic carbocycles. The Labute approximate surface area is 349 Å². The van der Waals surface area contributed by atoms with E-state index in [0.717, 1.165) is 32.4 Å². The number of esters is 2. The third kappa shape index (κ3) is 6.31. The van der Waals surface area contributed by atoms with Crippen LogP contribution in [0.1, 0.15) is 81.0 Å². The average molecular weight is 875 g/mol. The molecule has 21 heteroatoms. The SMILES string of the molecule is COC(=O)CC1CC2(SC34CC(CC(=O)OC)OC(C)C3(O)C(=O)c3c(OC5OC(C(=O)O)C(O)C(O)C5O)cccc3C4=O)C(=O)c3cccc(O)c3C(=O)C2(O)C(C)O1. The molecule has 0 amide bonds. The van der Waals surface area contributed by atoms with E-state index in [9.17, 15) is 54.9 Å². The van der Waals surface area contributed by atoms with Gasteiger partial charge in [0.1, 0.15) is 39.3 Å². The first-order chi connectivity index (χ1) is 28.6. The third-order valence-corrected chi connectivity index (χ3v) is 14.3. The van der Waals surface area contributed by atoms with Gasteiger partial charge in [0.15, 0.2) is 28.9 Å². The number of aliphatic carboxylic acids is 1. The zero-order chi connectivity index (χ0) is 44.7. The Hall–Kier alpha value is -4.84. The standard InChI is InChI=1S/C40H42O20S/c1-15-39(53)33(49)25-19(7-5-9-21(25)41)31(47)37(39,13-17(57-15)11-23(42)55-3)61-38-14-18(12-24(43)56-4)58-16(2)40(38,54)34(50)26-20(32(38)48)8-6-10-22(26)59-36-29(46)27(44)28(45)30(60-36)35(51)52/h5-10,15-18,27-30,36,41,44-46,53-54H,11-14H2,1-4H3,(H,51,52). The largest absolute Gasteiger partial charge is 0.507 e. The second kappa shape index (κ2) is 15.5. The van der Waals surface area contributed by atoms with Gasteiger partial charge in [-0.25, -0.2) is 4.79 Å². The first kappa shape index (κ1) is 44.2. The molecule has 0 bridgehead atoms. The van der Waals surface area contributed by atoms with Crippen molar-refractivity contribution in [2.24, 2.45) is 0 Å². The van der Waals surface area contributed by atoms with Crippen LogP contribution in [0.15, 0.2) is 36.4 Å². The number of benzene rings is 2. The van der Waals surface area contributed by atoms with Gasteiger partial charge in [0, 0.05) is 11.1 Å². The van der Waals surface area contributed by atoms with Crippen molar-refractivity contribution >= 4 is 52.8 Å². The van der Waals surface area contributed by atoms with E-state index in [0.29, 0.717) is 0 Å². The molecule has 3 fully saturated rings. The van der Waals surface area contributed by atoms with Gasteiger partial charge in [-0.05, 0) is 38.8 Å². The molecule has 7 rings (SSSR count). The number of aromatic hydroxyl groups is 1. The van der Waals surface area contributed by atoms with Crippen molar-refractivity contribution in [3.05, 3.63) is 58.7 Å². The van der Waals surface area contributed by atoms with Gasteiger partial charge < -0.3 is 64.2 Å². The Bertz CT molecular complexity index is 2230. The molecule has 2 aromatic rings. The Balaban J connectivity index is 1.45. The molecule has 0 saturated carbocycles. The normalized spacial score (nSPS) is 38.0. The third-order valence-electron chi connectivity index (χ3n) is 12.3. The van der Waals surface area contributed by atoms with Crippen LogP contribution in [0, 0.1) is 0 Å². The minimum atomic E-state index is -3.10. The van der Waals surface area contributed by atoms with Crippen LogP contribution < -0.4 is 4.74 Å². The Morgan fingerprint density at radius 3 is 1.67 bits per heavy atom. The first-order valence-electron chi connectivity index (χ1n) is 19.0. The highest BCUT2D eigenvalue weighted by molar-refractivity contribution is 8.03. The van der Waals surface area contributed by atoms with Crippen LogP contribution in [0.5, 0.6) is 11.5 Å². The van der Waals surface area contributed by atoms with Gasteiger partial charge in [-0.3, -0.25) is 28.8 Å². The number of fused-ring (bicyclic) bond motifs is 4. The Kier molecular flexibility index (Phi) is 11.2. The number of ketones is 4. The minimum Gasteiger partial charge on any atom is -0.507 e. The lowest BCUT2D eigenvalue weighted by molar-refractivity contribution is -0.271. The van der Waals surface area contributed by atoms with Crippen molar-refractivity contribution in [2.75, 3.05) is 14.2 Å². The number of thioether (sulfide) groups is 1. The lowest BCUT2D eigenvalue weighted by atomic mass is 9.63.